The van der Waals surface area contributed by atoms with E-state index in [2.05, 4.69) is 5.32 Å². The van der Waals surface area contributed by atoms with E-state index in [-0.39, 0.29) is 11.8 Å². The highest BCUT2D eigenvalue weighted by Crippen LogP contribution is 2.18. The second-order valence-electron chi connectivity index (χ2n) is 5.03. The van der Waals surface area contributed by atoms with Crippen LogP contribution in [0, 0.1) is 5.92 Å². The normalized spacial score (nSPS) is 18.7. The molecule has 1 aromatic rings. The number of anilines is 2. The van der Waals surface area contributed by atoms with Crippen molar-refractivity contribution in [1.29, 1.82) is 0 Å². The fraction of sp³-hybridized carbons (Fsp3) is 0.429. The lowest BCUT2D eigenvalue weighted by Crippen LogP contribution is -2.29. The van der Waals surface area contributed by atoms with Crippen LogP contribution < -0.4 is 11.1 Å². The lowest BCUT2D eigenvalue weighted by molar-refractivity contribution is -0.128. The number of likely N-dealkylation sites (tertiary alicyclic amines) is 1. The first-order chi connectivity index (χ1) is 9.06. The van der Waals surface area contributed by atoms with Crippen LogP contribution in [0.4, 0.5) is 11.4 Å². The number of carbonyl (C=O) groups is 2. The lowest BCUT2D eigenvalue weighted by atomic mass is 10.2. The molecule has 3 N–H and O–H groups in total. The number of amides is 2. The summed E-state index contributed by atoms with van der Waals surface area (Å²) in [7, 11) is 0. The first-order valence-corrected chi connectivity index (χ1v) is 6.48. The molecule has 5 heteroatoms. The zero-order valence-electron chi connectivity index (χ0n) is 11.1. The Morgan fingerprint density at radius 3 is 2.84 bits per heavy atom. The Labute approximate surface area is 112 Å². The molecular formula is C14H19N3O2. The Kier molecular flexibility index (Phi) is 4.04. The summed E-state index contributed by atoms with van der Waals surface area (Å²) < 4.78 is 0. The van der Waals surface area contributed by atoms with Gasteiger partial charge >= 0.3 is 0 Å². The Hall–Kier alpha value is -2.04. The largest absolute Gasteiger partial charge is 0.397 e. The predicted octanol–water partition coefficient (Wildman–Crippen LogP) is 1.47. The van der Waals surface area contributed by atoms with Crippen molar-refractivity contribution in [2.45, 2.75) is 19.8 Å². The number of nitrogens with one attached hydrogen (secondary N) is 1. The maximum absolute atomic E-state index is 11.8. The Morgan fingerprint density at radius 2 is 2.21 bits per heavy atom. The van der Waals surface area contributed by atoms with Crippen LogP contribution in [-0.4, -0.2) is 29.8 Å². The van der Waals surface area contributed by atoms with Gasteiger partial charge in [-0.05, 0) is 18.1 Å². The molecule has 1 heterocycles. The molecule has 0 saturated carbocycles. The number of benzene rings is 1. The summed E-state index contributed by atoms with van der Waals surface area (Å²) in [6.07, 6.45) is 0.889. The second-order valence-corrected chi connectivity index (χ2v) is 5.03. The molecule has 0 spiro atoms. The van der Waals surface area contributed by atoms with Gasteiger partial charge < -0.3 is 16.0 Å². The van der Waals surface area contributed by atoms with E-state index in [1.54, 1.807) is 17.0 Å². The van der Waals surface area contributed by atoms with E-state index in [4.69, 9.17) is 5.73 Å². The zero-order chi connectivity index (χ0) is 13.8. The summed E-state index contributed by atoms with van der Waals surface area (Å²) in [6.45, 7) is 3.27. The lowest BCUT2D eigenvalue weighted by Gasteiger charge is -2.15. The highest BCUT2D eigenvalue weighted by Gasteiger charge is 2.26. The standard InChI is InChI=1S/C14H19N3O2/c1-10-8-14(19)17(9-10)7-6-13(18)16-12-5-3-2-4-11(12)15/h2-5,10H,6-9,15H2,1H3,(H,16,18). The van der Waals surface area contributed by atoms with Crippen molar-refractivity contribution in [2.24, 2.45) is 5.92 Å². The summed E-state index contributed by atoms with van der Waals surface area (Å²) in [5, 5.41) is 2.76. The van der Waals surface area contributed by atoms with Gasteiger partial charge in [0.15, 0.2) is 0 Å². The van der Waals surface area contributed by atoms with Crippen LogP contribution >= 0.6 is 0 Å². The van der Waals surface area contributed by atoms with Crippen molar-refractivity contribution in [2.75, 3.05) is 24.1 Å². The smallest absolute Gasteiger partial charge is 0.226 e. The predicted molar refractivity (Wildman–Crippen MR) is 74.5 cm³/mol. The van der Waals surface area contributed by atoms with Gasteiger partial charge in [-0.15, -0.1) is 0 Å². The van der Waals surface area contributed by atoms with Crippen LogP contribution in [0.3, 0.4) is 0 Å². The third kappa shape index (κ3) is 3.47. The Balaban J connectivity index is 1.82. The zero-order valence-corrected chi connectivity index (χ0v) is 11.1. The molecule has 1 fully saturated rings. The quantitative estimate of drug-likeness (QED) is 0.806. The second kappa shape index (κ2) is 5.73. The summed E-state index contributed by atoms with van der Waals surface area (Å²) >= 11 is 0. The van der Waals surface area contributed by atoms with Crippen molar-refractivity contribution in [3.8, 4) is 0 Å². The van der Waals surface area contributed by atoms with Gasteiger partial charge in [-0.25, -0.2) is 0 Å². The minimum absolute atomic E-state index is 0.120. The number of hydrogen-bond donors (Lipinski definition) is 2. The number of nitrogen functional groups attached to an aromatic ring is 1. The van der Waals surface area contributed by atoms with Gasteiger partial charge in [0.1, 0.15) is 0 Å². The molecule has 1 aliphatic rings. The SMILES string of the molecule is CC1CC(=O)N(CCC(=O)Nc2ccccc2N)C1. The van der Waals surface area contributed by atoms with Crippen LogP contribution in [-0.2, 0) is 9.59 Å². The first-order valence-electron chi connectivity index (χ1n) is 6.48. The molecule has 2 rings (SSSR count). The monoisotopic (exact) mass is 261 g/mol. The van der Waals surface area contributed by atoms with E-state index in [1.807, 2.05) is 19.1 Å². The van der Waals surface area contributed by atoms with Gasteiger partial charge in [-0.2, -0.15) is 0 Å². The highest BCUT2D eigenvalue weighted by molar-refractivity contribution is 5.94. The van der Waals surface area contributed by atoms with Crippen LogP contribution in [0.1, 0.15) is 19.8 Å². The molecule has 2 amide bonds. The van der Waals surface area contributed by atoms with E-state index in [0.717, 1.165) is 6.54 Å². The van der Waals surface area contributed by atoms with Crippen LogP contribution in [0.15, 0.2) is 24.3 Å². The molecule has 102 valence electrons. The van der Waals surface area contributed by atoms with Crippen LogP contribution in [0.2, 0.25) is 0 Å². The Morgan fingerprint density at radius 1 is 1.47 bits per heavy atom. The van der Waals surface area contributed by atoms with Gasteiger partial charge in [0.2, 0.25) is 11.8 Å². The average Bonchev–Trinajstić information content (AvgIpc) is 2.68. The van der Waals surface area contributed by atoms with E-state index in [1.165, 1.54) is 0 Å². The molecule has 1 unspecified atom stereocenters. The number of hydrogen-bond acceptors (Lipinski definition) is 3. The van der Waals surface area contributed by atoms with Crippen molar-refractivity contribution < 1.29 is 9.59 Å². The molecule has 1 aromatic carbocycles. The summed E-state index contributed by atoms with van der Waals surface area (Å²) in [5.74, 6) is 0.408. The third-order valence-corrected chi connectivity index (χ3v) is 3.25. The van der Waals surface area contributed by atoms with Crippen molar-refractivity contribution in [1.82, 2.24) is 4.90 Å². The molecule has 0 aromatic heterocycles. The topological polar surface area (TPSA) is 75.4 Å². The fourth-order valence-electron chi connectivity index (χ4n) is 2.25. The summed E-state index contributed by atoms with van der Waals surface area (Å²) in [6, 6.07) is 7.13. The molecule has 19 heavy (non-hydrogen) atoms. The third-order valence-electron chi connectivity index (χ3n) is 3.25. The Bertz CT molecular complexity index is 487. The van der Waals surface area contributed by atoms with Gasteiger partial charge in [0.25, 0.3) is 0 Å². The molecule has 0 radical (unpaired) electrons. The fourth-order valence-corrected chi connectivity index (χ4v) is 2.25. The number of nitrogens with zero attached hydrogens (tertiary/aromatic N) is 1. The number of rotatable bonds is 4. The van der Waals surface area contributed by atoms with Gasteiger partial charge in [0, 0.05) is 25.9 Å². The summed E-state index contributed by atoms with van der Waals surface area (Å²) in [4.78, 5) is 25.1. The van der Waals surface area contributed by atoms with Gasteiger partial charge in [-0.1, -0.05) is 19.1 Å². The van der Waals surface area contributed by atoms with E-state index in [0.29, 0.717) is 36.7 Å². The summed E-state index contributed by atoms with van der Waals surface area (Å²) in [5.41, 5.74) is 6.91. The van der Waals surface area contributed by atoms with Crippen molar-refractivity contribution >= 4 is 23.2 Å². The number of nitrogens with two attached hydrogens (primary N) is 1. The van der Waals surface area contributed by atoms with Crippen LogP contribution in [0.5, 0.6) is 0 Å². The van der Waals surface area contributed by atoms with E-state index >= 15 is 0 Å². The molecule has 0 aliphatic carbocycles. The van der Waals surface area contributed by atoms with Crippen molar-refractivity contribution in [3.63, 3.8) is 0 Å². The highest BCUT2D eigenvalue weighted by atomic mass is 16.2. The molecule has 1 aliphatic heterocycles. The van der Waals surface area contributed by atoms with E-state index < -0.39 is 0 Å². The molecule has 0 bridgehead atoms. The van der Waals surface area contributed by atoms with Crippen molar-refractivity contribution in [3.05, 3.63) is 24.3 Å². The average molecular weight is 261 g/mol. The molecule has 5 nitrogen and oxygen atoms in total. The molecule has 1 saturated heterocycles. The van der Waals surface area contributed by atoms with Crippen LogP contribution in [0.25, 0.3) is 0 Å². The number of para-hydroxylation sites is 2. The number of carbonyl (C=O) groups excluding carboxylic acids is 2. The van der Waals surface area contributed by atoms with E-state index in [9.17, 15) is 9.59 Å². The van der Waals surface area contributed by atoms with Gasteiger partial charge in [-0.3, -0.25) is 9.59 Å². The molecule has 1 atom stereocenters. The van der Waals surface area contributed by atoms with Gasteiger partial charge in [0.05, 0.1) is 11.4 Å². The molecular weight excluding hydrogens is 242 g/mol. The maximum Gasteiger partial charge on any atom is 0.226 e. The minimum Gasteiger partial charge on any atom is -0.397 e. The minimum atomic E-state index is -0.120. The first kappa shape index (κ1) is 13.4. The maximum atomic E-state index is 11.8.